The van der Waals surface area contributed by atoms with E-state index in [0.717, 1.165) is 12.8 Å². The normalized spacial score (nSPS) is 11.6. The smallest absolute Gasteiger partial charge is 0.316 e. The number of carboxylic acid groups (broad SMARTS) is 1. The number of ether oxygens (including phenoxy) is 1. The van der Waals surface area contributed by atoms with Crippen LogP contribution < -0.4 is 15.4 Å². The van der Waals surface area contributed by atoms with Gasteiger partial charge in [0.2, 0.25) is 11.8 Å². The van der Waals surface area contributed by atoms with Crippen LogP contribution in [0.5, 0.6) is 5.75 Å². The number of rotatable bonds is 21. The van der Waals surface area contributed by atoms with Crippen molar-refractivity contribution in [2.75, 3.05) is 17.7 Å². The van der Waals surface area contributed by atoms with Gasteiger partial charge in [-0.3, -0.25) is 14.4 Å². The molecule has 40 heavy (non-hydrogen) atoms. The standard InChI is InChI=1S/C33H48N2O5/c1-3-4-5-6-7-8-9-10-11-12-13-14-15-19-31(36)34-27-20-22-28(23-21-27)35-32(37)30(33(38)39)25-26-17-16-18-29(24-26)40-2/h16-18,20-24,30H,3-15,19,25H2,1-2H3,(H,34,36)(H,35,37)(H,38,39). The molecule has 0 aliphatic rings. The van der Waals surface area contributed by atoms with Crippen molar-refractivity contribution in [2.24, 2.45) is 5.92 Å². The quantitative estimate of drug-likeness (QED) is 0.107. The van der Waals surface area contributed by atoms with Crippen LogP contribution in [0.3, 0.4) is 0 Å². The van der Waals surface area contributed by atoms with E-state index in [1.54, 1.807) is 48.5 Å². The maximum absolute atomic E-state index is 12.7. The number of anilines is 2. The topological polar surface area (TPSA) is 105 Å². The summed E-state index contributed by atoms with van der Waals surface area (Å²) in [5.74, 6) is -2.46. The van der Waals surface area contributed by atoms with Gasteiger partial charge in [-0.1, -0.05) is 96.1 Å². The van der Waals surface area contributed by atoms with E-state index in [1.165, 1.54) is 77.7 Å². The molecule has 3 N–H and O–H groups in total. The minimum atomic E-state index is -1.24. The molecule has 0 spiro atoms. The van der Waals surface area contributed by atoms with Crippen LogP contribution in [-0.4, -0.2) is 30.0 Å². The fourth-order valence-electron chi connectivity index (χ4n) is 4.72. The van der Waals surface area contributed by atoms with Crippen molar-refractivity contribution >= 4 is 29.2 Å². The lowest BCUT2D eigenvalue weighted by molar-refractivity contribution is -0.145. The van der Waals surface area contributed by atoms with E-state index in [2.05, 4.69) is 17.6 Å². The molecule has 0 aromatic heterocycles. The summed E-state index contributed by atoms with van der Waals surface area (Å²) in [6.45, 7) is 2.25. The molecular formula is C33H48N2O5. The Kier molecular flexibility index (Phi) is 16.2. The van der Waals surface area contributed by atoms with Gasteiger partial charge in [0, 0.05) is 17.8 Å². The summed E-state index contributed by atoms with van der Waals surface area (Å²) in [7, 11) is 1.53. The highest BCUT2D eigenvalue weighted by Gasteiger charge is 2.27. The number of hydrogen-bond donors (Lipinski definition) is 3. The van der Waals surface area contributed by atoms with E-state index in [-0.39, 0.29) is 12.3 Å². The van der Waals surface area contributed by atoms with E-state index in [1.807, 2.05) is 0 Å². The van der Waals surface area contributed by atoms with Gasteiger partial charge in [0.05, 0.1) is 7.11 Å². The second-order valence-electron chi connectivity index (χ2n) is 10.6. The van der Waals surface area contributed by atoms with Crippen molar-refractivity contribution in [3.8, 4) is 5.75 Å². The van der Waals surface area contributed by atoms with Gasteiger partial charge in [0.25, 0.3) is 0 Å². The molecule has 0 radical (unpaired) electrons. The molecule has 0 bridgehead atoms. The Labute approximate surface area is 240 Å². The lowest BCUT2D eigenvalue weighted by atomic mass is 9.98. The lowest BCUT2D eigenvalue weighted by Crippen LogP contribution is -2.31. The van der Waals surface area contributed by atoms with Crippen LogP contribution in [0.2, 0.25) is 0 Å². The van der Waals surface area contributed by atoms with Crippen LogP contribution in [0.4, 0.5) is 11.4 Å². The number of carboxylic acids is 1. The lowest BCUT2D eigenvalue weighted by Gasteiger charge is -2.14. The van der Waals surface area contributed by atoms with Crippen LogP contribution in [0, 0.1) is 5.92 Å². The highest BCUT2D eigenvalue weighted by molar-refractivity contribution is 6.04. The van der Waals surface area contributed by atoms with Crippen molar-refractivity contribution in [1.29, 1.82) is 0 Å². The average molecular weight is 553 g/mol. The first-order chi connectivity index (χ1) is 19.4. The summed E-state index contributed by atoms with van der Waals surface area (Å²) in [6, 6.07) is 13.7. The van der Waals surface area contributed by atoms with Gasteiger partial charge < -0.3 is 20.5 Å². The molecule has 220 valence electrons. The molecule has 2 aromatic carbocycles. The molecule has 0 fully saturated rings. The van der Waals surface area contributed by atoms with Gasteiger partial charge in [-0.25, -0.2) is 0 Å². The molecule has 0 aliphatic heterocycles. The highest BCUT2D eigenvalue weighted by atomic mass is 16.5. The number of unbranched alkanes of at least 4 members (excludes halogenated alkanes) is 12. The van der Waals surface area contributed by atoms with Gasteiger partial charge in [0.15, 0.2) is 0 Å². The third-order valence-corrected chi connectivity index (χ3v) is 7.13. The first-order valence-electron chi connectivity index (χ1n) is 15.0. The summed E-state index contributed by atoms with van der Waals surface area (Å²) in [4.78, 5) is 36.8. The van der Waals surface area contributed by atoms with Gasteiger partial charge >= 0.3 is 5.97 Å². The zero-order valence-electron chi connectivity index (χ0n) is 24.4. The Morgan fingerprint density at radius 3 is 1.80 bits per heavy atom. The summed E-state index contributed by atoms with van der Waals surface area (Å²) >= 11 is 0. The summed E-state index contributed by atoms with van der Waals surface area (Å²) in [5, 5.41) is 15.2. The molecule has 2 amide bonds. The van der Waals surface area contributed by atoms with Gasteiger partial charge in [-0.05, 0) is 54.8 Å². The number of carbonyl (C=O) groups is 3. The monoisotopic (exact) mass is 552 g/mol. The Bertz CT molecular complexity index is 1020. The van der Waals surface area contributed by atoms with Crippen molar-refractivity contribution in [1.82, 2.24) is 0 Å². The van der Waals surface area contributed by atoms with E-state index >= 15 is 0 Å². The zero-order valence-corrected chi connectivity index (χ0v) is 24.4. The average Bonchev–Trinajstić information content (AvgIpc) is 2.95. The number of amides is 2. The van der Waals surface area contributed by atoms with Crippen molar-refractivity contribution < 1.29 is 24.2 Å². The molecule has 0 saturated heterocycles. The van der Waals surface area contributed by atoms with Gasteiger partial charge in [-0.2, -0.15) is 0 Å². The maximum atomic E-state index is 12.7. The van der Waals surface area contributed by atoms with E-state index in [4.69, 9.17) is 4.74 Å². The number of benzene rings is 2. The predicted octanol–water partition coefficient (Wildman–Crippen LogP) is 8.00. The second-order valence-corrected chi connectivity index (χ2v) is 10.6. The van der Waals surface area contributed by atoms with Crippen LogP contribution >= 0.6 is 0 Å². The molecule has 7 heteroatoms. The highest BCUT2D eigenvalue weighted by Crippen LogP contribution is 2.20. The fourth-order valence-corrected chi connectivity index (χ4v) is 4.72. The molecule has 0 saturated carbocycles. The number of carbonyl (C=O) groups excluding carboxylic acids is 2. The third kappa shape index (κ3) is 13.6. The largest absolute Gasteiger partial charge is 0.497 e. The molecule has 0 aliphatic carbocycles. The van der Waals surface area contributed by atoms with Crippen LogP contribution in [-0.2, 0) is 20.8 Å². The van der Waals surface area contributed by atoms with Crippen LogP contribution in [0.15, 0.2) is 48.5 Å². The first kappa shape index (κ1) is 32.9. The van der Waals surface area contributed by atoms with Gasteiger partial charge in [0.1, 0.15) is 11.7 Å². The number of aliphatic carboxylic acids is 1. The zero-order chi connectivity index (χ0) is 29.0. The Hall–Kier alpha value is -3.35. The maximum Gasteiger partial charge on any atom is 0.316 e. The fraction of sp³-hybridized carbons (Fsp3) is 0.545. The molecule has 1 unspecified atom stereocenters. The number of methoxy groups -OCH3 is 1. The number of hydrogen-bond acceptors (Lipinski definition) is 4. The Balaban J connectivity index is 1.63. The third-order valence-electron chi connectivity index (χ3n) is 7.13. The molecular weight excluding hydrogens is 504 g/mol. The van der Waals surface area contributed by atoms with E-state index in [0.29, 0.717) is 29.1 Å². The van der Waals surface area contributed by atoms with Crippen molar-refractivity contribution in [2.45, 2.75) is 103 Å². The summed E-state index contributed by atoms with van der Waals surface area (Å²) in [5.41, 5.74) is 1.81. The number of nitrogens with one attached hydrogen (secondary N) is 2. The molecule has 2 rings (SSSR count). The van der Waals surface area contributed by atoms with Crippen molar-refractivity contribution in [3.63, 3.8) is 0 Å². The molecule has 1 atom stereocenters. The van der Waals surface area contributed by atoms with Gasteiger partial charge in [-0.15, -0.1) is 0 Å². The van der Waals surface area contributed by atoms with E-state index in [9.17, 15) is 19.5 Å². The summed E-state index contributed by atoms with van der Waals surface area (Å²) < 4.78 is 5.18. The Morgan fingerprint density at radius 2 is 1.27 bits per heavy atom. The predicted molar refractivity (Wildman–Crippen MR) is 162 cm³/mol. The summed E-state index contributed by atoms with van der Waals surface area (Å²) in [6.07, 6.45) is 17.0. The molecule has 2 aromatic rings. The SMILES string of the molecule is CCCCCCCCCCCCCCCC(=O)Nc1ccc(NC(=O)C(Cc2cccc(OC)c2)C(=O)O)cc1. The van der Waals surface area contributed by atoms with Crippen LogP contribution in [0.1, 0.15) is 102 Å². The van der Waals surface area contributed by atoms with Crippen LogP contribution in [0.25, 0.3) is 0 Å². The first-order valence-corrected chi connectivity index (χ1v) is 15.0. The molecule has 7 nitrogen and oxygen atoms in total. The minimum absolute atomic E-state index is 0.0240. The van der Waals surface area contributed by atoms with E-state index < -0.39 is 17.8 Å². The molecule has 0 heterocycles. The second kappa shape index (κ2) is 19.7. The Morgan fingerprint density at radius 1 is 0.750 bits per heavy atom. The van der Waals surface area contributed by atoms with Crippen molar-refractivity contribution in [3.05, 3.63) is 54.1 Å². The minimum Gasteiger partial charge on any atom is -0.497 e.